The number of likely N-dealkylation sites (N-methyl/N-ethyl adjacent to an activating group) is 1. The number of benzene rings is 1. The van der Waals surface area contributed by atoms with Gasteiger partial charge in [-0.15, -0.1) is 5.10 Å². The number of rotatable bonds is 6. The highest BCUT2D eigenvalue weighted by molar-refractivity contribution is 6.32. The number of halogens is 1. The summed E-state index contributed by atoms with van der Waals surface area (Å²) >= 11 is 6.23. The molecule has 0 aliphatic carbocycles. The van der Waals surface area contributed by atoms with E-state index in [0.717, 1.165) is 32.7 Å². The average Bonchev–Trinajstić information content (AvgIpc) is 3.04. The van der Waals surface area contributed by atoms with Gasteiger partial charge in [-0.1, -0.05) is 30.7 Å². The topological polar surface area (TPSA) is 66.3 Å². The summed E-state index contributed by atoms with van der Waals surface area (Å²) in [7, 11) is 2.15. The Morgan fingerprint density at radius 1 is 1.26 bits per heavy atom. The van der Waals surface area contributed by atoms with Crippen molar-refractivity contribution < 1.29 is 4.79 Å². The van der Waals surface area contributed by atoms with Crippen molar-refractivity contribution in [2.75, 3.05) is 46.3 Å². The molecule has 1 aromatic heterocycles. The highest BCUT2D eigenvalue weighted by atomic mass is 35.5. The lowest BCUT2D eigenvalue weighted by molar-refractivity contribution is 0.0927. The molecule has 1 aliphatic heterocycles. The maximum Gasteiger partial charge on any atom is 0.290 e. The molecule has 146 valence electrons. The normalized spacial score (nSPS) is 17.0. The van der Waals surface area contributed by atoms with Gasteiger partial charge in [-0.2, -0.15) is 0 Å². The van der Waals surface area contributed by atoms with Crippen LogP contribution in [0.4, 0.5) is 0 Å². The van der Waals surface area contributed by atoms with Gasteiger partial charge in [-0.05, 0) is 32.0 Å². The minimum atomic E-state index is -0.255. The number of nitrogens with zero attached hydrogens (tertiary/aromatic N) is 5. The first-order valence-corrected chi connectivity index (χ1v) is 9.69. The standard InChI is InChI=1S/C19H27ClN6O/c1-14(13-25-10-8-24(3)9-11-25)12-21-19(27)18-22-15(2)26(23-18)17-7-5-4-6-16(17)20/h4-7,14H,8-13H2,1-3H3,(H,21,27). The molecule has 1 aliphatic rings. The van der Waals surface area contributed by atoms with Gasteiger partial charge in [0.1, 0.15) is 5.82 Å². The monoisotopic (exact) mass is 390 g/mol. The van der Waals surface area contributed by atoms with Gasteiger partial charge in [-0.3, -0.25) is 4.79 Å². The minimum absolute atomic E-state index is 0.166. The van der Waals surface area contributed by atoms with Gasteiger partial charge in [-0.25, -0.2) is 9.67 Å². The van der Waals surface area contributed by atoms with E-state index in [4.69, 9.17) is 11.6 Å². The predicted octanol–water partition coefficient (Wildman–Crippen LogP) is 1.84. The van der Waals surface area contributed by atoms with Crippen molar-refractivity contribution in [3.05, 3.63) is 40.9 Å². The molecule has 1 atom stereocenters. The molecule has 0 radical (unpaired) electrons. The lowest BCUT2D eigenvalue weighted by Crippen LogP contribution is -2.47. The Labute approximate surface area is 165 Å². The number of piperazine rings is 1. The first kappa shape index (κ1) is 19.8. The molecule has 1 N–H and O–H groups in total. The molecular formula is C19H27ClN6O. The summed E-state index contributed by atoms with van der Waals surface area (Å²) in [4.78, 5) is 21.5. The van der Waals surface area contributed by atoms with Crippen LogP contribution >= 0.6 is 11.6 Å². The molecule has 0 saturated carbocycles. The van der Waals surface area contributed by atoms with Crippen LogP contribution in [0.2, 0.25) is 5.02 Å². The Morgan fingerprint density at radius 3 is 2.67 bits per heavy atom. The average molecular weight is 391 g/mol. The number of para-hydroxylation sites is 1. The fourth-order valence-electron chi connectivity index (χ4n) is 3.22. The number of amides is 1. The van der Waals surface area contributed by atoms with Crippen molar-refractivity contribution in [1.82, 2.24) is 29.9 Å². The van der Waals surface area contributed by atoms with Gasteiger partial charge < -0.3 is 15.1 Å². The summed E-state index contributed by atoms with van der Waals surface area (Å²) < 4.78 is 1.60. The summed E-state index contributed by atoms with van der Waals surface area (Å²) in [6.07, 6.45) is 0. The van der Waals surface area contributed by atoms with E-state index in [1.807, 2.05) is 25.1 Å². The smallest absolute Gasteiger partial charge is 0.290 e. The van der Waals surface area contributed by atoms with Crippen LogP contribution in [0.5, 0.6) is 0 Å². The Balaban J connectivity index is 1.55. The van der Waals surface area contributed by atoms with E-state index in [1.54, 1.807) is 10.7 Å². The van der Waals surface area contributed by atoms with E-state index in [-0.39, 0.29) is 11.7 Å². The molecule has 1 amide bonds. The third-order valence-electron chi connectivity index (χ3n) is 4.83. The molecule has 1 aromatic carbocycles. The summed E-state index contributed by atoms with van der Waals surface area (Å²) in [5, 5.41) is 7.86. The first-order chi connectivity index (χ1) is 12.9. The molecule has 2 aromatic rings. The van der Waals surface area contributed by atoms with E-state index in [0.29, 0.717) is 29.0 Å². The second-order valence-electron chi connectivity index (χ2n) is 7.26. The molecule has 0 spiro atoms. The van der Waals surface area contributed by atoms with E-state index in [9.17, 15) is 4.79 Å². The van der Waals surface area contributed by atoms with Crippen molar-refractivity contribution in [3.63, 3.8) is 0 Å². The van der Waals surface area contributed by atoms with E-state index < -0.39 is 0 Å². The number of hydrogen-bond donors (Lipinski definition) is 1. The molecule has 0 bridgehead atoms. The van der Waals surface area contributed by atoms with Crippen molar-refractivity contribution in [2.24, 2.45) is 5.92 Å². The number of aryl methyl sites for hydroxylation is 1. The molecule has 1 unspecified atom stereocenters. The van der Waals surface area contributed by atoms with Gasteiger partial charge in [0.2, 0.25) is 5.82 Å². The van der Waals surface area contributed by atoms with Crippen LogP contribution < -0.4 is 5.32 Å². The van der Waals surface area contributed by atoms with E-state index in [1.165, 1.54) is 0 Å². The maximum absolute atomic E-state index is 12.5. The number of nitrogens with one attached hydrogen (secondary N) is 1. The third kappa shape index (κ3) is 5.06. The zero-order valence-corrected chi connectivity index (χ0v) is 16.9. The second kappa shape index (κ2) is 8.82. The van der Waals surface area contributed by atoms with Crippen molar-refractivity contribution in [3.8, 4) is 5.69 Å². The van der Waals surface area contributed by atoms with Gasteiger partial charge >= 0.3 is 0 Å². The predicted molar refractivity (Wildman–Crippen MR) is 107 cm³/mol. The van der Waals surface area contributed by atoms with E-state index >= 15 is 0 Å². The van der Waals surface area contributed by atoms with Crippen molar-refractivity contribution in [1.29, 1.82) is 0 Å². The fourth-order valence-corrected chi connectivity index (χ4v) is 3.44. The minimum Gasteiger partial charge on any atom is -0.349 e. The van der Waals surface area contributed by atoms with Crippen LogP contribution in [-0.4, -0.2) is 76.8 Å². The molecule has 1 saturated heterocycles. The highest BCUT2D eigenvalue weighted by Gasteiger charge is 2.19. The zero-order chi connectivity index (χ0) is 19.4. The Hall–Kier alpha value is -1.96. The number of carbonyl (C=O) groups is 1. The highest BCUT2D eigenvalue weighted by Crippen LogP contribution is 2.20. The lowest BCUT2D eigenvalue weighted by atomic mass is 10.1. The molecule has 27 heavy (non-hydrogen) atoms. The van der Waals surface area contributed by atoms with Crippen LogP contribution in [0.3, 0.4) is 0 Å². The molecule has 2 heterocycles. The first-order valence-electron chi connectivity index (χ1n) is 9.31. The van der Waals surface area contributed by atoms with Crippen LogP contribution in [0, 0.1) is 12.8 Å². The second-order valence-corrected chi connectivity index (χ2v) is 7.67. The summed E-state index contributed by atoms with van der Waals surface area (Å²) in [5.74, 6) is 0.899. The van der Waals surface area contributed by atoms with Gasteiger partial charge in [0.05, 0.1) is 10.7 Å². The number of carbonyl (C=O) groups excluding carboxylic acids is 1. The molecule has 7 nitrogen and oxygen atoms in total. The third-order valence-corrected chi connectivity index (χ3v) is 5.15. The maximum atomic E-state index is 12.5. The molecule has 3 rings (SSSR count). The summed E-state index contributed by atoms with van der Waals surface area (Å²) in [6.45, 7) is 9.90. The fraction of sp³-hybridized carbons (Fsp3) is 0.526. The Bertz CT molecular complexity index is 784. The zero-order valence-electron chi connectivity index (χ0n) is 16.2. The number of hydrogen-bond acceptors (Lipinski definition) is 5. The molecule has 1 fully saturated rings. The lowest BCUT2D eigenvalue weighted by Gasteiger charge is -2.33. The number of aromatic nitrogens is 3. The van der Waals surface area contributed by atoms with Crippen LogP contribution in [0.15, 0.2) is 24.3 Å². The van der Waals surface area contributed by atoms with Gasteiger partial charge in [0, 0.05) is 39.3 Å². The summed E-state index contributed by atoms with van der Waals surface area (Å²) in [6, 6.07) is 7.37. The Morgan fingerprint density at radius 2 is 1.96 bits per heavy atom. The SMILES string of the molecule is Cc1nc(C(=O)NCC(C)CN2CCN(C)CC2)nn1-c1ccccc1Cl. The largest absolute Gasteiger partial charge is 0.349 e. The van der Waals surface area contributed by atoms with Crippen LogP contribution in [0.1, 0.15) is 23.4 Å². The van der Waals surface area contributed by atoms with Crippen LogP contribution in [0.25, 0.3) is 5.69 Å². The Kier molecular flexibility index (Phi) is 6.46. The van der Waals surface area contributed by atoms with Crippen molar-refractivity contribution in [2.45, 2.75) is 13.8 Å². The van der Waals surface area contributed by atoms with Gasteiger partial charge in [0.25, 0.3) is 5.91 Å². The quantitative estimate of drug-likeness (QED) is 0.815. The molecular weight excluding hydrogens is 364 g/mol. The van der Waals surface area contributed by atoms with E-state index in [2.05, 4.69) is 39.2 Å². The van der Waals surface area contributed by atoms with Crippen molar-refractivity contribution >= 4 is 17.5 Å². The van der Waals surface area contributed by atoms with Crippen LogP contribution in [-0.2, 0) is 0 Å². The molecule has 8 heteroatoms. The van der Waals surface area contributed by atoms with Gasteiger partial charge in [0.15, 0.2) is 0 Å². The summed E-state index contributed by atoms with van der Waals surface area (Å²) in [5.41, 5.74) is 0.714.